The topological polar surface area (TPSA) is 42.2 Å². The van der Waals surface area contributed by atoms with Crippen LogP contribution in [0.3, 0.4) is 0 Å². The zero-order valence-corrected chi connectivity index (χ0v) is 13.3. The Morgan fingerprint density at radius 1 is 1.45 bits per heavy atom. The van der Waals surface area contributed by atoms with Crippen LogP contribution in [0.4, 0.5) is 5.69 Å². The van der Waals surface area contributed by atoms with E-state index in [-0.39, 0.29) is 0 Å². The van der Waals surface area contributed by atoms with Crippen LogP contribution in [0.25, 0.3) is 0 Å². The van der Waals surface area contributed by atoms with Crippen LogP contribution < -0.4 is 10.6 Å². The Morgan fingerprint density at radius 3 is 2.75 bits per heavy atom. The summed E-state index contributed by atoms with van der Waals surface area (Å²) in [6.07, 6.45) is 8.14. The molecule has 3 nitrogen and oxygen atoms in total. The minimum atomic E-state index is 0.396. The monoisotopic (exact) mass is 291 g/mol. The molecular formula is C16H25N3S. The average molecular weight is 291 g/mol. The first-order valence-corrected chi connectivity index (χ1v) is 8.02. The lowest BCUT2D eigenvalue weighted by Crippen LogP contribution is -2.36. The van der Waals surface area contributed by atoms with E-state index >= 15 is 0 Å². The molecule has 2 rings (SSSR count). The maximum absolute atomic E-state index is 5.85. The minimum absolute atomic E-state index is 0.396. The SMILES string of the molecule is CC(C)CCN(c1cccnc1C(N)=S)C1CCCC1. The molecule has 0 amide bonds. The van der Waals surface area contributed by atoms with Crippen molar-refractivity contribution < 1.29 is 0 Å². The van der Waals surface area contributed by atoms with Crippen LogP contribution in [0, 0.1) is 5.92 Å². The summed E-state index contributed by atoms with van der Waals surface area (Å²) < 4.78 is 0. The fourth-order valence-corrected chi connectivity index (χ4v) is 3.09. The summed E-state index contributed by atoms with van der Waals surface area (Å²) in [7, 11) is 0. The fourth-order valence-electron chi connectivity index (χ4n) is 2.93. The van der Waals surface area contributed by atoms with Gasteiger partial charge in [0.05, 0.1) is 5.69 Å². The van der Waals surface area contributed by atoms with E-state index < -0.39 is 0 Å². The Balaban J connectivity index is 2.27. The van der Waals surface area contributed by atoms with E-state index in [4.69, 9.17) is 18.0 Å². The summed E-state index contributed by atoms with van der Waals surface area (Å²) in [6.45, 7) is 5.60. The van der Waals surface area contributed by atoms with Crippen molar-refractivity contribution in [2.75, 3.05) is 11.4 Å². The Bertz CT molecular complexity index is 453. The third-order valence-corrected chi connectivity index (χ3v) is 4.24. The number of thiocarbonyl (C=S) groups is 1. The van der Waals surface area contributed by atoms with Crippen LogP contribution in [0.15, 0.2) is 18.3 Å². The number of nitrogens with two attached hydrogens (primary N) is 1. The Hall–Kier alpha value is -1.16. The molecule has 0 atom stereocenters. The van der Waals surface area contributed by atoms with E-state index in [0.29, 0.717) is 16.9 Å². The molecule has 1 aromatic heterocycles. The average Bonchev–Trinajstić information content (AvgIpc) is 2.93. The van der Waals surface area contributed by atoms with Crippen molar-refractivity contribution in [3.63, 3.8) is 0 Å². The van der Waals surface area contributed by atoms with Crippen molar-refractivity contribution in [3.8, 4) is 0 Å². The van der Waals surface area contributed by atoms with Crippen molar-refractivity contribution in [3.05, 3.63) is 24.0 Å². The first-order chi connectivity index (χ1) is 9.59. The molecule has 0 aromatic carbocycles. The molecule has 0 spiro atoms. The number of rotatable bonds is 6. The molecule has 4 heteroatoms. The zero-order valence-electron chi connectivity index (χ0n) is 12.5. The molecule has 0 bridgehead atoms. The van der Waals surface area contributed by atoms with Crippen molar-refractivity contribution >= 4 is 22.9 Å². The second-order valence-corrected chi connectivity index (χ2v) is 6.49. The number of hydrogen-bond acceptors (Lipinski definition) is 3. The first kappa shape index (κ1) is 15.2. The summed E-state index contributed by atoms with van der Waals surface area (Å²) in [4.78, 5) is 7.28. The van der Waals surface area contributed by atoms with Crippen LogP contribution in [0.1, 0.15) is 51.6 Å². The lowest BCUT2D eigenvalue weighted by Gasteiger charge is -2.33. The number of pyridine rings is 1. The maximum atomic E-state index is 5.85. The van der Waals surface area contributed by atoms with Crippen LogP contribution in [0.2, 0.25) is 0 Å². The Labute approximate surface area is 127 Å². The number of nitrogens with zero attached hydrogens (tertiary/aromatic N) is 2. The van der Waals surface area contributed by atoms with Gasteiger partial charge in [-0.25, -0.2) is 0 Å². The van der Waals surface area contributed by atoms with Gasteiger partial charge in [-0.3, -0.25) is 4.98 Å². The van der Waals surface area contributed by atoms with E-state index in [0.717, 1.165) is 17.9 Å². The Morgan fingerprint density at radius 2 is 2.15 bits per heavy atom. The van der Waals surface area contributed by atoms with Crippen LogP contribution in [-0.4, -0.2) is 22.6 Å². The number of anilines is 1. The lowest BCUT2D eigenvalue weighted by atomic mass is 10.1. The van der Waals surface area contributed by atoms with E-state index in [9.17, 15) is 0 Å². The number of aromatic nitrogens is 1. The maximum Gasteiger partial charge on any atom is 0.124 e. The van der Waals surface area contributed by atoms with Crippen molar-refractivity contribution in [1.82, 2.24) is 4.98 Å². The van der Waals surface area contributed by atoms with Gasteiger partial charge >= 0.3 is 0 Å². The summed E-state index contributed by atoms with van der Waals surface area (Å²) in [5.74, 6) is 0.698. The summed E-state index contributed by atoms with van der Waals surface area (Å²) in [6, 6.07) is 4.71. The summed E-state index contributed by atoms with van der Waals surface area (Å²) in [5, 5.41) is 0. The molecule has 0 saturated heterocycles. The highest BCUT2D eigenvalue weighted by Gasteiger charge is 2.25. The van der Waals surface area contributed by atoms with Gasteiger partial charge in [-0.05, 0) is 37.3 Å². The van der Waals surface area contributed by atoms with Crippen LogP contribution in [0.5, 0.6) is 0 Å². The standard InChI is InChI=1S/C16H25N3S/c1-12(2)9-11-19(13-6-3-4-7-13)14-8-5-10-18-15(14)16(17)20/h5,8,10,12-13H,3-4,6-7,9,11H2,1-2H3,(H2,17,20). The largest absolute Gasteiger partial charge is 0.388 e. The van der Waals surface area contributed by atoms with Gasteiger partial charge in [-0.2, -0.15) is 0 Å². The second kappa shape index (κ2) is 7.02. The van der Waals surface area contributed by atoms with Gasteiger partial charge in [0.2, 0.25) is 0 Å². The highest BCUT2D eigenvalue weighted by atomic mass is 32.1. The van der Waals surface area contributed by atoms with Crippen LogP contribution >= 0.6 is 12.2 Å². The molecule has 20 heavy (non-hydrogen) atoms. The molecule has 1 heterocycles. The third-order valence-electron chi connectivity index (χ3n) is 4.04. The van der Waals surface area contributed by atoms with Gasteiger partial charge < -0.3 is 10.6 Å². The van der Waals surface area contributed by atoms with E-state index in [1.807, 2.05) is 6.07 Å². The van der Waals surface area contributed by atoms with Gasteiger partial charge in [0.15, 0.2) is 0 Å². The second-order valence-electron chi connectivity index (χ2n) is 6.05. The zero-order chi connectivity index (χ0) is 14.5. The highest BCUT2D eigenvalue weighted by Crippen LogP contribution is 2.30. The fraction of sp³-hybridized carbons (Fsp3) is 0.625. The summed E-state index contributed by atoms with van der Waals surface area (Å²) >= 11 is 5.17. The third kappa shape index (κ3) is 3.69. The van der Waals surface area contributed by atoms with E-state index in [1.165, 1.54) is 32.1 Å². The predicted molar refractivity (Wildman–Crippen MR) is 89.2 cm³/mol. The van der Waals surface area contributed by atoms with Crippen molar-refractivity contribution in [2.24, 2.45) is 11.7 Å². The molecule has 1 saturated carbocycles. The molecule has 0 unspecified atom stereocenters. The first-order valence-electron chi connectivity index (χ1n) is 7.61. The summed E-state index contributed by atoms with van der Waals surface area (Å²) in [5.41, 5.74) is 7.74. The molecule has 1 fully saturated rings. The van der Waals surface area contributed by atoms with Gasteiger partial charge in [-0.15, -0.1) is 0 Å². The van der Waals surface area contributed by atoms with E-state index in [2.05, 4.69) is 29.8 Å². The quantitative estimate of drug-likeness (QED) is 0.814. The highest BCUT2D eigenvalue weighted by molar-refractivity contribution is 7.80. The number of hydrogen-bond donors (Lipinski definition) is 1. The molecule has 2 N–H and O–H groups in total. The molecule has 0 aliphatic heterocycles. The normalized spacial score (nSPS) is 15.8. The van der Waals surface area contributed by atoms with Gasteiger partial charge in [0.25, 0.3) is 0 Å². The molecule has 0 radical (unpaired) electrons. The van der Waals surface area contributed by atoms with Crippen molar-refractivity contribution in [2.45, 2.75) is 52.0 Å². The van der Waals surface area contributed by atoms with Crippen molar-refractivity contribution in [1.29, 1.82) is 0 Å². The predicted octanol–water partition coefficient (Wildman–Crippen LogP) is 3.51. The van der Waals surface area contributed by atoms with Gasteiger partial charge in [0, 0.05) is 18.8 Å². The van der Waals surface area contributed by atoms with Gasteiger partial charge in [-0.1, -0.05) is 38.9 Å². The molecule has 1 aliphatic rings. The van der Waals surface area contributed by atoms with E-state index in [1.54, 1.807) is 6.20 Å². The Kier molecular flexibility index (Phi) is 5.35. The minimum Gasteiger partial charge on any atom is -0.388 e. The molecule has 110 valence electrons. The van der Waals surface area contributed by atoms with Crippen LogP contribution in [-0.2, 0) is 0 Å². The molecule has 1 aliphatic carbocycles. The lowest BCUT2D eigenvalue weighted by molar-refractivity contribution is 0.528. The molecular weight excluding hydrogens is 266 g/mol. The smallest absolute Gasteiger partial charge is 0.124 e. The van der Waals surface area contributed by atoms with Gasteiger partial charge in [0.1, 0.15) is 10.7 Å². The molecule has 1 aromatic rings.